The van der Waals surface area contributed by atoms with Gasteiger partial charge in [-0.25, -0.2) is 4.39 Å². The van der Waals surface area contributed by atoms with Crippen molar-refractivity contribution in [3.8, 4) is 12.1 Å². The first-order valence-corrected chi connectivity index (χ1v) is 15.0. The number of aryl methyl sites for hydroxylation is 1. The largest absolute Gasteiger partial charge is 0.462 e. The number of carbonyl (C=O) groups excluding carboxylic acids is 1. The van der Waals surface area contributed by atoms with Crippen LogP contribution in [0.1, 0.15) is 60.9 Å². The second kappa shape index (κ2) is 11.4. The van der Waals surface area contributed by atoms with Gasteiger partial charge in [0.15, 0.2) is 0 Å². The van der Waals surface area contributed by atoms with Crippen LogP contribution in [0.2, 0.25) is 0 Å². The molecule has 1 unspecified atom stereocenters. The van der Waals surface area contributed by atoms with E-state index in [9.17, 15) is 14.4 Å². The molecular weight excluding hydrogens is 519 g/mol. The minimum Gasteiger partial charge on any atom is -0.462 e. The summed E-state index contributed by atoms with van der Waals surface area (Å²) < 4.78 is 20.8. The van der Waals surface area contributed by atoms with Gasteiger partial charge in [-0.1, -0.05) is 12.6 Å². The van der Waals surface area contributed by atoms with Crippen molar-refractivity contribution in [1.29, 1.82) is 5.26 Å². The fourth-order valence-corrected chi connectivity index (χ4v) is 7.55. The first-order chi connectivity index (χ1) is 19.9. The van der Waals surface area contributed by atoms with Crippen molar-refractivity contribution in [2.75, 3.05) is 44.7 Å². The summed E-state index contributed by atoms with van der Waals surface area (Å²) in [5.41, 5.74) is 4.34. The van der Waals surface area contributed by atoms with E-state index in [0.717, 1.165) is 80.6 Å². The third-order valence-corrected chi connectivity index (χ3v) is 9.80. The molecule has 1 amide bonds. The lowest BCUT2D eigenvalue weighted by molar-refractivity contribution is -0.128. The molecule has 0 radical (unpaired) electrons. The molecule has 2 aliphatic carbocycles. The van der Waals surface area contributed by atoms with Gasteiger partial charge >= 0.3 is 6.01 Å². The van der Waals surface area contributed by atoms with E-state index in [1.165, 1.54) is 11.6 Å². The van der Waals surface area contributed by atoms with E-state index in [1.807, 2.05) is 6.07 Å². The van der Waals surface area contributed by atoms with Crippen LogP contribution in [0.4, 0.5) is 10.2 Å². The van der Waals surface area contributed by atoms with E-state index < -0.39 is 0 Å². The molecule has 6 rings (SSSR count). The zero-order chi connectivity index (χ0) is 28.6. The number of aromatic nitrogens is 2. The van der Waals surface area contributed by atoms with Gasteiger partial charge in [0.1, 0.15) is 18.2 Å². The van der Waals surface area contributed by atoms with E-state index in [0.29, 0.717) is 38.3 Å². The number of likely N-dealkylation sites (N-methyl/N-ethyl adjacent to an activating group) is 1. The van der Waals surface area contributed by atoms with Crippen LogP contribution in [-0.4, -0.2) is 77.6 Å². The van der Waals surface area contributed by atoms with Crippen LogP contribution in [0.3, 0.4) is 0 Å². The van der Waals surface area contributed by atoms with Crippen molar-refractivity contribution in [1.82, 2.24) is 19.8 Å². The number of benzene rings is 1. The SMILES string of the molecule is C=CC(=O)N1CCN(c2nc(OC[C@@H]3CCCN3C)nc3c2CCC2(CCCc4ccc(F)cc42)C3)C[C@@H]1CC#N. The minimum absolute atomic E-state index is 0.143. The summed E-state index contributed by atoms with van der Waals surface area (Å²) in [6, 6.07) is 8.01. The van der Waals surface area contributed by atoms with Gasteiger partial charge in [-0.3, -0.25) is 4.79 Å². The van der Waals surface area contributed by atoms with Gasteiger partial charge in [-0.05, 0) is 94.3 Å². The summed E-state index contributed by atoms with van der Waals surface area (Å²) in [7, 11) is 2.13. The van der Waals surface area contributed by atoms with Crippen molar-refractivity contribution in [2.45, 2.75) is 75.3 Å². The molecule has 0 saturated carbocycles. The Bertz CT molecular complexity index is 1370. The molecule has 8 nitrogen and oxygen atoms in total. The van der Waals surface area contributed by atoms with Crippen molar-refractivity contribution >= 4 is 11.7 Å². The second-order valence-corrected chi connectivity index (χ2v) is 12.2. The van der Waals surface area contributed by atoms with Gasteiger partial charge in [-0.2, -0.15) is 15.2 Å². The Hall–Kier alpha value is -3.51. The predicted octanol–water partition coefficient (Wildman–Crippen LogP) is 3.97. The minimum atomic E-state index is -0.246. The van der Waals surface area contributed by atoms with E-state index in [-0.39, 0.29) is 29.6 Å². The number of nitriles is 1. The Kier molecular flexibility index (Phi) is 7.69. The number of fused-ring (bicyclic) bond motifs is 3. The van der Waals surface area contributed by atoms with Crippen LogP contribution in [0, 0.1) is 17.1 Å². The molecule has 3 heterocycles. The van der Waals surface area contributed by atoms with Gasteiger partial charge in [-0.15, -0.1) is 0 Å². The van der Waals surface area contributed by atoms with Gasteiger partial charge in [0.05, 0.1) is 24.2 Å². The van der Waals surface area contributed by atoms with Crippen molar-refractivity contribution in [3.05, 3.63) is 59.1 Å². The van der Waals surface area contributed by atoms with Crippen LogP contribution in [0.5, 0.6) is 6.01 Å². The molecule has 41 heavy (non-hydrogen) atoms. The number of carbonyl (C=O) groups is 1. The first kappa shape index (κ1) is 27.6. The summed E-state index contributed by atoms with van der Waals surface area (Å²) in [6.07, 6.45) is 9.33. The topological polar surface area (TPSA) is 85.6 Å². The molecule has 1 spiro atoms. The lowest BCUT2D eigenvalue weighted by Gasteiger charge is -2.44. The molecule has 0 bridgehead atoms. The lowest BCUT2D eigenvalue weighted by Crippen LogP contribution is -2.55. The predicted molar refractivity (Wildman–Crippen MR) is 154 cm³/mol. The number of amides is 1. The van der Waals surface area contributed by atoms with Gasteiger partial charge in [0, 0.05) is 36.7 Å². The normalized spacial score (nSPS) is 25.9. The lowest BCUT2D eigenvalue weighted by atomic mass is 9.62. The smallest absolute Gasteiger partial charge is 0.318 e. The number of piperazine rings is 1. The number of anilines is 1. The molecule has 1 aromatic heterocycles. The summed E-state index contributed by atoms with van der Waals surface area (Å²) >= 11 is 0. The Labute approximate surface area is 241 Å². The number of nitrogens with zero attached hydrogens (tertiary/aromatic N) is 6. The fraction of sp³-hybridized carbons (Fsp3) is 0.562. The van der Waals surface area contributed by atoms with Crippen molar-refractivity contribution in [3.63, 3.8) is 0 Å². The molecule has 3 atom stereocenters. The summed E-state index contributed by atoms with van der Waals surface area (Å²) in [4.78, 5) is 28.8. The second-order valence-electron chi connectivity index (χ2n) is 12.2. The zero-order valence-corrected chi connectivity index (χ0v) is 23.9. The highest BCUT2D eigenvalue weighted by Gasteiger charge is 2.42. The Morgan fingerprint density at radius 2 is 2.10 bits per heavy atom. The molecule has 2 aromatic rings. The van der Waals surface area contributed by atoms with E-state index in [1.54, 1.807) is 17.0 Å². The van der Waals surface area contributed by atoms with Crippen molar-refractivity contribution < 1.29 is 13.9 Å². The fourth-order valence-electron chi connectivity index (χ4n) is 7.55. The van der Waals surface area contributed by atoms with E-state index in [4.69, 9.17) is 14.7 Å². The standard InChI is InChI=1S/C32H39FN6O2/c1-3-29(40)39-17-16-38(20-24(39)11-14-34)30-26-10-13-32(12-4-6-22-8-9-23(33)18-27(22)32)19-28(26)35-31(36-30)41-21-25-7-5-15-37(25)2/h3,8-9,18,24-25H,1,4-7,10-13,15-17,19-21H2,2H3/t24-,25-,32?/m0/s1. The highest BCUT2D eigenvalue weighted by atomic mass is 19.1. The number of ether oxygens (including phenoxy) is 1. The summed E-state index contributed by atoms with van der Waals surface area (Å²) in [5, 5.41) is 9.51. The first-order valence-electron chi connectivity index (χ1n) is 15.0. The molecule has 4 aliphatic rings. The van der Waals surface area contributed by atoms with Crippen LogP contribution < -0.4 is 9.64 Å². The Morgan fingerprint density at radius 1 is 1.22 bits per heavy atom. The highest BCUT2D eigenvalue weighted by Crippen LogP contribution is 2.48. The molecule has 0 N–H and O–H groups in total. The van der Waals surface area contributed by atoms with Gasteiger partial charge in [0.25, 0.3) is 0 Å². The molecular formula is C32H39FN6O2. The quantitative estimate of drug-likeness (QED) is 0.496. The number of likely N-dealkylation sites (tertiary alicyclic amines) is 1. The van der Waals surface area contributed by atoms with Gasteiger partial charge in [0.2, 0.25) is 5.91 Å². The third kappa shape index (κ3) is 5.30. The number of hydrogen-bond donors (Lipinski definition) is 0. The van der Waals surface area contributed by atoms with E-state index >= 15 is 0 Å². The van der Waals surface area contributed by atoms with Crippen LogP contribution in [0.15, 0.2) is 30.9 Å². The maximum absolute atomic E-state index is 14.5. The van der Waals surface area contributed by atoms with Crippen molar-refractivity contribution in [2.24, 2.45) is 0 Å². The van der Waals surface area contributed by atoms with Crippen LogP contribution in [-0.2, 0) is 29.5 Å². The molecule has 216 valence electrons. The Morgan fingerprint density at radius 3 is 2.88 bits per heavy atom. The molecule has 2 fully saturated rings. The van der Waals surface area contributed by atoms with Crippen LogP contribution in [0.25, 0.3) is 0 Å². The number of hydrogen-bond acceptors (Lipinski definition) is 7. The molecule has 2 saturated heterocycles. The molecule has 9 heteroatoms. The maximum Gasteiger partial charge on any atom is 0.318 e. The highest BCUT2D eigenvalue weighted by molar-refractivity contribution is 5.87. The summed E-state index contributed by atoms with van der Waals surface area (Å²) in [5.74, 6) is 0.521. The number of halogens is 1. The zero-order valence-electron chi connectivity index (χ0n) is 23.9. The number of rotatable bonds is 6. The average molecular weight is 559 g/mol. The molecule has 2 aliphatic heterocycles. The van der Waals surface area contributed by atoms with Gasteiger partial charge < -0.3 is 19.4 Å². The summed E-state index contributed by atoms with van der Waals surface area (Å²) in [6.45, 7) is 6.86. The molecule has 1 aromatic carbocycles. The Balaban J connectivity index is 1.35. The monoisotopic (exact) mass is 558 g/mol. The van der Waals surface area contributed by atoms with E-state index in [2.05, 4.69) is 29.5 Å². The van der Waals surface area contributed by atoms with Crippen LogP contribution >= 0.6 is 0 Å². The maximum atomic E-state index is 14.5. The average Bonchev–Trinajstić information content (AvgIpc) is 3.40. The third-order valence-electron chi connectivity index (χ3n) is 9.80.